The summed E-state index contributed by atoms with van der Waals surface area (Å²) < 4.78 is 15.6. The van der Waals surface area contributed by atoms with E-state index in [9.17, 15) is 9.18 Å². The van der Waals surface area contributed by atoms with Gasteiger partial charge in [0.2, 0.25) is 5.91 Å². The Morgan fingerprint density at radius 3 is 2.88 bits per heavy atom. The zero-order valence-corrected chi connectivity index (χ0v) is 13.5. The van der Waals surface area contributed by atoms with E-state index in [0.29, 0.717) is 12.1 Å². The molecule has 0 bridgehead atoms. The van der Waals surface area contributed by atoms with Gasteiger partial charge in [0.05, 0.1) is 6.04 Å². The van der Waals surface area contributed by atoms with E-state index < -0.39 is 0 Å². The van der Waals surface area contributed by atoms with E-state index in [1.54, 1.807) is 23.1 Å². The third-order valence-corrected chi connectivity index (χ3v) is 4.48. The highest BCUT2D eigenvalue weighted by atomic mass is 19.1. The number of carbonyl (C=O) groups excluding carboxylic acids is 1. The molecular formula is C19H17FN4O. The normalized spacial score (nSPS) is 17.6. The van der Waals surface area contributed by atoms with Crippen molar-refractivity contribution in [1.82, 2.24) is 19.5 Å². The lowest BCUT2D eigenvalue weighted by atomic mass is 10.2. The summed E-state index contributed by atoms with van der Waals surface area (Å²) in [5, 5.41) is 8.45. The van der Waals surface area contributed by atoms with Crippen LogP contribution >= 0.6 is 0 Å². The number of aromatic nitrogens is 3. The first-order chi connectivity index (χ1) is 12.2. The van der Waals surface area contributed by atoms with Crippen molar-refractivity contribution in [2.24, 2.45) is 0 Å². The molecule has 1 saturated heterocycles. The Labute approximate surface area is 144 Å². The Bertz CT molecular complexity index is 949. The quantitative estimate of drug-likeness (QED) is 0.690. The molecule has 0 aliphatic carbocycles. The van der Waals surface area contributed by atoms with Crippen LogP contribution in [-0.4, -0.2) is 31.9 Å². The molecule has 126 valence electrons. The minimum atomic E-state index is -0.340. The number of rotatable bonds is 3. The Kier molecular flexibility index (Phi) is 4.01. The molecule has 1 aromatic carbocycles. The van der Waals surface area contributed by atoms with Crippen molar-refractivity contribution >= 4 is 17.6 Å². The van der Waals surface area contributed by atoms with Crippen LogP contribution in [0.2, 0.25) is 0 Å². The van der Waals surface area contributed by atoms with Gasteiger partial charge < -0.3 is 4.90 Å². The maximum atomic E-state index is 13.7. The minimum Gasteiger partial charge on any atom is -0.329 e. The lowest BCUT2D eigenvalue weighted by Crippen LogP contribution is -2.30. The van der Waals surface area contributed by atoms with Crippen molar-refractivity contribution in [3.05, 3.63) is 71.9 Å². The molecule has 1 aliphatic rings. The molecule has 2 aromatic heterocycles. The van der Waals surface area contributed by atoms with E-state index in [1.807, 2.05) is 28.8 Å². The Hall–Kier alpha value is -3.02. The van der Waals surface area contributed by atoms with Crippen LogP contribution in [0.5, 0.6) is 0 Å². The van der Waals surface area contributed by atoms with Crippen LogP contribution in [0.3, 0.4) is 0 Å². The first-order valence-corrected chi connectivity index (χ1v) is 8.27. The molecule has 0 unspecified atom stereocenters. The van der Waals surface area contributed by atoms with Gasteiger partial charge in [0.1, 0.15) is 5.82 Å². The maximum Gasteiger partial charge on any atom is 0.247 e. The molecule has 1 atom stereocenters. The highest BCUT2D eigenvalue weighted by molar-refractivity contribution is 5.92. The summed E-state index contributed by atoms with van der Waals surface area (Å²) in [6.07, 6.45) is 6.61. The number of nitrogens with zero attached hydrogens (tertiary/aromatic N) is 4. The topological polar surface area (TPSA) is 50.5 Å². The van der Waals surface area contributed by atoms with Gasteiger partial charge in [0.25, 0.3) is 0 Å². The summed E-state index contributed by atoms with van der Waals surface area (Å²) in [5.41, 5.74) is 1.17. The highest BCUT2D eigenvalue weighted by Gasteiger charge is 2.32. The van der Waals surface area contributed by atoms with Gasteiger partial charge in [-0.1, -0.05) is 24.3 Å². The number of carbonyl (C=O) groups is 1. The van der Waals surface area contributed by atoms with Crippen molar-refractivity contribution in [2.75, 3.05) is 6.54 Å². The molecule has 1 amide bonds. The second-order valence-electron chi connectivity index (χ2n) is 6.03. The van der Waals surface area contributed by atoms with E-state index in [2.05, 4.69) is 10.2 Å². The van der Waals surface area contributed by atoms with Gasteiger partial charge in [-0.2, -0.15) is 0 Å². The van der Waals surface area contributed by atoms with Gasteiger partial charge in [-0.3, -0.25) is 9.20 Å². The molecule has 4 rings (SSSR count). The average molecular weight is 336 g/mol. The van der Waals surface area contributed by atoms with E-state index in [1.165, 1.54) is 18.2 Å². The van der Waals surface area contributed by atoms with E-state index in [4.69, 9.17) is 0 Å². The Morgan fingerprint density at radius 1 is 1.16 bits per heavy atom. The molecule has 1 fully saturated rings. The predicted molar refractivity (Wildman–Crippen MR) is 92.1 cm³/mol. The lowest BCUT2D eigenvalue weighted by Gasteiger charge is -2.22. The minimum absolute atomic E-state index is 0.116. The smallest absolute Gasteiger partial charge is 0.247 e. The van der Waals surface area contributed by atoms with Crippen LogP contribution in [-0.2, 0) is 4.79 Å². The Balaban J connectivity index is 1.59. The second kappa shape index (κ2) is 6.47. The molecule has 3 heterocycles. The number of hydrogen-bond acceptors (Lipinski definition) is 3. The molecule has 0 N–H and O–H groups in total. The number of likely N-dealkylation sites (tertiary alicyclic amines) is 1. The van der Waals surface area contributed by atoms with Crippen LogP contribution in [0.1, 0.15) is 30.3 Å². The van der Waals surface area contributed by atoms with Gasteiger partial charge in [0.15, 0.2) is 11.5 Å². The summed E-state index contributed by atoms with van der Waals surface area (Å²) in [4.78, 5) is 14.4. The third-order valence-electron chi connectivity index (χ3n) is 4.48. The number of benzene rings is 1. The average Bonchev–Trinajstić information content (AvgIpc) is 3.27. The largest absolute Gasteiger partial charge is 0.329 e. The number of halogens is 1. The molecule has 1 aliphatic heterocycles. The van der Waals surface area contributed by atoms with Gasteiger partial charge in [-0.05, 0) is 37.1 Å². The molecular weight excluding hydrogens is 319 g/mol. The van der Waals surface area contributed by atoms with Crippen molar-refractivity contribution in [3.63, 3.8) is 0 Å². The number of amides is 1. The fourth-order valence-electron chi connectivity index (χ4n) is 3.25. The SMILES string of the molecule is O=C(/C=C/c1ccccc1F)N1CCC[C@H]1c1nnc2ccccn12. The first-order valence-electron chi connectivity index (χ1n) is 8.27. The fraction of sp³-hybridized carbons (Fsp3) is 0.211. The summed E-state index contributed by atoms with van der Waals surface area (Å²) in [7, 11) is 0. The molecule has 0 spiro atoms. The molecule has 5 nitrogen and oxygen atoms in total. The van der Waals surface area contributed by atoms with E-state index in [0.717, 1.165) is 24.3 Å². The van der Waals surface area contributed by atoms with Crippen LogP contribution in [0.15, 0.2) is 54.7 Å². The van der Waals surface area contributed by atoms with Gasteiger partial charge in [-0.25, -0.2) is 4.39 Å². The van der Waals surface area contributed by atoms with Crippen LogP contribution < -0.4 is 0 Å². The molecule has 6 heteroatoms. The highest BCUT2D eigenvalue weighted by Crippen LogP contribution is 2.31. The molecule has 25 heavy (non-hydrogen) atoms. The standard InChI is InChI=1S/C19H17FN4O/c20-15-7-2-1-6-14(15)10-11-18(25)23-13-5-8-16(23)19-22-21-17-9-3-4-12-24(17)19/h1-4,6-7,9-12,16H,5,8,13H2/b11-10+/t16-/m0/s1. The van der Waals surface area contributed by atoms with Crippen molar-refractivity contribution in [1.29, 1.82) is 0 Å². The van der Waals surface area contributed by atoms with Crippen LogP contribution in [0.25, 0.3) is 11.7 Å². The van der Waals surface area contributed by atoms with E-state index >= 15 is 0 Å². The van der Waals surface area contributed by atoms with Crippen molar-refractivity contribution in [2.45, 2.75) is 18.9 Å². The predicted octanol–water partition coefficient (Wildman–Crippen LogP) is 3.25. The number of fused-ring (bicyclic) bond motifs is 1. The summed E-state index contributed by atoms with van der Waals surface area (Å²) in [5.74, 6) is 0.284. The summed E-state index contributed by atoms with van der Waals surface area (Å²) >= 11 is 0. The van der Waals surface area contributed by atoms with Crippen molar-refractivity contribution < 1.29 is 9.18 Å². The third kappa shape index (κ3) is 2.91. The zero-order chi connectivity index (χ0) is 17.2. The summed E-state index contributed by atoms with van der Waals surface area (Å²) in [6, 6.07) is 12.0. The van der Waals surface area contributed by atoms with Gasteiger partial charge in [0, 0.05) is 24.4 Å². The Morgan fingerprint density at radius 2 is 2.00 bits per heavy atom. The van der Waals surface area contributed by atoms with E-state index in [-0.39, 0.29) is 17.8 Å². The molecule has 3 aromatic rings. The number of pyridine rings is 1. The summed E-state index contributed by atoms with van der Waals surface area (Å²) in [6.45, 7) is 0.660. The first kappa shape index (κ1) is 15.5. The van der Waals surface area contributed by atoms with Crippen LogP contribution in [0.4, 0.5) is 4.39 Å². The van der Waals surface area contributed by atoms with Gasteiger partial charge in [-0.15, -0.1) is 10.2 Å². The van der Waals surface area contributed by atoms with Crippen molar-refractivity contribution in [3.8, 4) is 0 Å². The second-order valence-corrected chi connectivity index (χ2v) is 6.03. The van der Waals surface area contributed by atoms with Crippen LogP contribution in [0, 0.1) is 5.82 Å². The zero-order valence-electron chi connectivity index (χ0n) is 13.5. The monoisotopic (exact) mass is 336 g/mol. The lowest BCUT2D eigenvalue weighted by molar-refractivity contribution is -0.127. The molecule has 0 saturated carbocycles. The maximum absolute atomic E-state index is 13.7. The van der Waals surface area contributed by atoms with Gasteiger partial charge >= 0.3 is 0 Å². The molecule has 0 radical (unpaired) electrons. The fourth-order valence-corrected chi connectivity index (χ4v) is 3.25. The number of hydrogen-bond donors (Lipinski definition) is 0.